The van der Waals surface area contributed by atoms with E-state index in [-0.39, 0.29) is 11.8 Å². The Kier molecular flexibility index (Phi) is 6.95. The summed E-state index contributed by atoms with van der Waals surface area (Å²) in [7, 11) is -1.63. The fourth-order valence-corrected chi connectivity index (χ4v) is 8.51. The molecule has 1 saturated heterocycles. The smallest absolute Gasteiger partial charge is 0.277 e. The number of carbonyl (C=O) groups is 1. The third-order valence-electron chi connectivity index (χ3n) is 6.94. The predicted octanol–water partition coefficient (Wildman–Crippen LogP) is 3.45. The number of nitrogens with zero attached hydrogens (tertiary/aromatic N) is 5. The van der Waals surface area contributed by atoms with Crippen molar-refractivity contribution in [1.29, 1.82) is 0 Å². The minimum atomic E-state index is -3.70. The highest BCUT2D eigenvalue weighted by atomic mass is 32.2. The Hall–Kier alpha value is -2.84. The normalized spacial score (nSPS) is 18.4. The average Bonchev–Trinajstić information content (AvgIpc) is 3.69. The number of sulfonamides is 1. The van der Waals surface area contributed by atoms with Gasteiger partial charge < -0.3 is 10.2 Å². The van der Waals surface area contributed by atoms with Gasteiger partial charge in [-0.05, 0) is 74.6 Å². The number of thiophene rings is 1. The molecule has 2 aliphatic rings. The molecule has 1 atom stereocenters. The van der Waals surface area contributed by atoms with Crippen LogP contribution < -0.4 is 14.9 Å². The lowest BCUT2D eigenvalue weighted by Crippen LogP contribution is -2.35. The monoisotopic (exact) mass is 571 g/mol. The molecule has 1 amide bonds. The van der Waals surface area contributed by atoms with Crippen LogP contribution in [0.4, 0.5) is 10.8 Å². The molecule has 4 aromatic rings. The zero-order valence-corrected chi connectivity index (χ0v) is 23.4. The molecule has 0 spiro atoms. The van der Waals surface area contributed by atoms with Crippen LogP contribution >= 0.6 is 22.7 Å². The molecule has 1 aromatic carbocycles. The van der Waals surface area contributed by atoms with Gasteiger partial charge in [0.05, 0.1) is 21.6 Å². The van der Waals surface area contributed by atoms with Gasteiger partial charge in [0.15, 0.2) is 10.8 Å². The van der Waals surface area contributed by atoms with E-state index in [1.54, 1.807) is 23.6 Å². The Morgan fingerprint density at radius 1 is 1.26 bits per heavy atom. The number of fused-ring (bicyclic) bond motifs is 2. The summed E-state index contributed by atoms with van der Waals surface area (Å²) < 4.78 is 31.7. The van der Waals surface area contributed by atoms with Crippen molar-refractivity contribution in [3.05, 3.63) is 53.2 Å². The van der Waals surface area contributed by atoms with Gasteiger partial charge in [0.25, 0.3) is 15.9 Å². The first-order chi connectivity index (χ1) is 18.4. The fraction of sp³-hybridized carbons (Fsp3) is 0.400. The summed E-state index contributed by atoms with van der Waals surface area (Å²) in [4.78, 5) is 19.8. The largest absolute Gasteiger partial charge is 0.316 e. The van der Waals surface area contributed by atoms with Crippen LogP contribution in [0.15, 0.2) is 46.0 Å². The molecule has 5 heterocycles. The molecule has 0 bridgehead atoms. The van der Waals surface area contributed by atoms with Crippen LogP contribution in [0.5, 0.6) is 0 Å². The number of aromatic nitrogens is 3. The van der Waals surface area contributed by atoms with Crippen molar-refractivity contribution in [2.45, 2.75) is 30.1 Å². The summed E-state index contributed by atoms with van der Waals surface area (Å²) in [6.07, 6.45) is 1.92. The molecule has 38 heavy (non-hydrogen) atoms. The van der Waals surface area contributed by atoms with Crippen molar-refractivity contribution in [2.75, 3.05) is 42.8 Å². The molecule has 3 aromatic heterocycles. The van der Waals surface area contributed by atoms with Gasteiger partial charge in [-0.15, -0.1) is 11.3 Å². The van der Waals surface area contributed by atoms with E-state index in [0.717, 1.165) is 56.0 Å². The topological polar surface area (TPSA) is 112 Å². The SMILES string of the molecule is CN1CCCn2nc(C(=O)Nc3nc4ccc(N(CC5CCNC5)S(=O)(=O)c5cccs5)cc4s3)cc2C1. The van der Waals surface area contributed by atoms with Gasteiger partial charge in [0.1, 0.15) is 4.21 Å². The molecular formula is C25H29N7O3S3. The van der Waals surface area contributed by atoms with Crippen molar-refractivity contribution in [1.82, 2.24) is 25.0 Å². The fourth-order valence-electron chi connectivity index (χ4n) is 4.98. The molecule has 200 valence electrons. The van der Waals surface area contributed by atoms with Crippen molar-refractivity contribution in [2.24, 2.45) is 5.92 Å². The minimum Gasteiger partial charge on any atom is -0.316 e. The van der Waals surface area contributed by atoms with Crippen LogP contribution in [-0.2, 0) is 23.1 Å². The number of rotatable bonds is 7. The summed E-state index contributed by atoms with van der Waals surface area (Å²) in [6, 6.07) is 10.7. The van der Waals surface area contributed by atoms with Crippen LogP contribution in [0.3, 0.4) is 0 Å². The number of carbonyl (C=O) groups excluding carboxylic acids is 1. The summed E-state index contributed by atoms with van der Waals surface area (Å²) in [5, 5.41) is 13.0. The zero-order valence-electron chi connectivity index (χ0n) is 21.0. The van der Waals surface area contributed by atoms with Crippen molar-refractivity contribution in [3.8, 4) is 0 Å². The molecule has 2 aliphatic heterocycles. The van der Waals surface area contributed by atoms with Gasteiger partial charge in [-0.2, -0.15) is 5.10 Å². The number of thiazole rings is 1. The van der Waals surface area contributed by atoms with E-state index >= 15 is 0 Å². The van der Waals surface area contributed by atoms with Crippen molar-refractivity contribution >= 4 is 59.6 Å². The summed E-state index contributed by atoms with van der Waals surface area (Å²) >= 11 is 2.55. The van der Waals surface area contributed by atoms with Gasteiger partial charge in [-0.1, -0.05) is 17.4 Å². The molecule has 1 fully saturated rings. The second kappa shape index (κ2) is 10.4. The van der Waals surface area contributed by atoms with E-state index in [4.69, 9.17) is 0 Å². The van der Waals surface area contributed by atoms with E-state index in [1.807, 2.05) is 22.9 Å². The highest BCUT2D eigenvalue weighted by Crippen LogP contribution is 2.34. The number of aryl methyl sites for hydroxylation is 1. The lowest BCUT2D eigenvalue weighted by atomic mass is 10.1. The third-order valence-corrected chi connectivity index (χ3v) is 11.0. The first-order valence-corrected chi connectivity index (χ1v) is 15.7. The quantitative estimate of drug-likeness (QED) is 0.349. The molecule has 6 rings (SSSR count). The predicted molar refractivity (Wildman–Crippen MR) is 151 cm³/mol. The van der Waals surface area contributed by atoms with E-state index in [0.29, 0.717) is 32.8 Å². The summed E-state index contributed by atoms with van der Waals surface area (Å²) in [5.74, 6) is -0.0651. The molecule has 0 aliphatic carbocycles. The van der Waals surface area contributed by atoms with Gasteiger partial charge in [0, 0.05) is 26.2 Å². The first kappa shape index (κ1) is 25.4. The van der Waals surface area contributed by atoms with E-state index < -0.39 is 10.0 Å². The number of amides is 1. The van der Waals surface area contributed by atoms with E-state index in [1.165, 1.54) is 27.0 Å². The Morgan fingerprint density at radius 2 is 2.16 bits per heavy atom. The standard InChI is InChI=1S/C25H29N7O3S3/c1-30-9-3-10-31-19(16-30)12-21(29-31)24(33)28-25-27-20-6-5-18(13-22(20)37-25)32(15-17-7-8-26-14-17)38(34,35)23-4-2-11-36-23/h2,4-6,11-13,17,26H,3,7-10,14-16H2,1H3,(H,27,28,33). The summed E-state index contributed by atoms with van der Waals surface area (Å²) in [6.45, 7) is 4.64. The Balaban J connectivity index is 1.26. The van der Waals surface area contributed by atoms with Crippen molar-refractivity contribution in [3.63, 3.8) is 0 Å². The highest BCUT2D eigenvalue weighted by Gasteiger charge is 2.30. The van der Waals surface area contributed by atoms with E-state index in [9.17, 15) is 13.2 Å². The summed E-state index contributed by atoms with van der Waals surface area (Å²) in [5.41, 5.74) is 2.69. The van der Waals surface area contributed by atoms with E-state index in [2.05, 4.69) is 32.7 Å². The van der Waals surface area contributed by atoms with Gasteiger partial charge in [-0.3, -0.25) is 19.1 Å². The number of nitrogens with one attached hydrogen (secondary N) is 2. The molecule has 13 heteroatoms. The molecule has 10 nitrogen and oxygen atoms in total. The lowest BCUT2D eigenvalue weighted by molar-refractivity contribution is 0.102. The number of anilines is 2. The van der Waals surface area contributed by atoms with Gasteiger partial charge >= 0.3 is 0 Å². The van der Waals surface area contributed by atoms with Crippen LogP contribution in [0.1, 0.15) is 29.0 Å². The molecule has 1 unspecified atom stereocenters. The maximum Gasteiger partial charge on any atom is 0.277 e. The molecular weight excluding hydrogens is 543 g/mol. The second-order valence-corrected chi connectivity index (χ2v) is 13.9. The average molecular weight is 572 g/mol. The van der Waals surface area contributed by atoms with Crippen LogP contribution in [0.25, 0.3) is 10.2 Å². The van der Waals surface area contributed by atoms with Crippen LogP contribution in [0.2, 0.25) is 0 Å². The van der Waals surface area contributed by atoms with Crippen LogP contribution in [0, 0.1) is 5.92 Å². The highest BCUT2D eigenvalue weighted by molar-refractivity contribution is 7.94. The Labute approximate surface area is 229 Å². The number of hydrogen-bond acceptors (Lipinski definition) is 9. The number of benzene rings is 1. The maximum atomic E-state index is 13.6. The third kappa shape index (κ3) is 5.08. The zero-order chi connectivity index (χ0) is 26.3. The van der Waals surface area contributed by atoms with Gasteiger partial charge in [-0.25, -0.2) is 13.4 Å². The number of hydrogen-bond donors (Lipinski definition) is 2. The maximum absolute atomic E-state index is 13.6. The molecule has 0 saturated carbocycles. The Bertz CT molecular complexity index is 1560. The van der Waals surface area contributed by atoms with Gasteiger partial charge in [0.2, 0.25) is 0 Å². The van der Waals surface area contributed by atoms with Crippen molar-refractivity contribution < 1.29 is 13.2 Å². The molecule has 2 N–H and O–H groups in total. The molecule has 0 radical (unpaired) electrons. The van der Waals surface area contributed by atoms with Crippen LogP contribution in [-0.4, -0.2) is 67.2 Å². The lowest BCUT2D eigenvalue weighted by Gasteiger charge is -2.26. The Morgan fingerprint density at radius 3 is 2.95 bits per heavy atom. The first-order valence-electron chi connectivity index (χ1n) is 12.6. The minimum absolute atomic E-state index is 0.238. The second-order valence-electron chi connectivity index (χ2n) is 9.79.